The fourth-order valence-electron chi connectivity index (χ4n) is 5.95. The number of carbonyl (C=O) groups excluding carboxylic acids is 1. The molecule has 1 aliphatic heterocycles. The quantitative estimate of drug-likeness (QED) is 0.205. The van der Waals surface area contributed by atoms with Crippen LogP contribution in [-0.2, 0) is 23.0 Å². The molecule has 1 fully saturated rings. The summed E-state index contributed by atoms with van der Waals surface area (Å²) in [5.41, 5.74) is 4.17. The Morgan fingerprint density at radius 1 is 0.848 bits per heavy atom. The number of carboxylic acids is 1. The monoisotopic (exact) mass is 637 g/mol. The molecule has 0 spiro atoms. The number of hydrogen-bond acceptors (Lipinski definition) is 6. The number of nitrogens with zero attached hydrogens (tertiary/aromatic N) is 3. The van der Waals surface area contributed by atoms with Gasteiger partial charge >= 0.3 is 5.97 Å². The van der Waals surface area contributed by atoms with E-state index in [4.69, 9.17) is 4.42 Å². The van der Waals surface area contributed by atoms with Gasteiger partial charge in [-0.1, -0.05) is 66.7 Å². The van der Waals surface area contributed by atoms with E-state index in [1.165, 1.54) is 22.5 Å². The van der Waals surface area contributed by atoms with Gasteiger partial charge in [-0.2, -0.15) is 4.31 Å². The molecule has 236 valence electrons. The summed E-state index contributed by atoms with van der Waals surface area (Å²) in [6.07, 6.45) is 0.513. The molecule has 0 aliphatic carbocycles. The highest BCUT2D eigenvalue weighted by atomic mass is 32.2. The Morgan fingerprint density at radius 2 is 1.50 bits per heavy atom. The van der Waals surface area contributed by atoms with Crippen molar-refractivity contribution in [1.82, 2.24) is 9.21 Å². The average molecular weight is 638 g/mol. The number of furan rings is 1. The van der Waals surface area contributed by atoms with Gasteiger partial charge in [-0.3, -0.25) is 4.79 Å². The summed E-state index contributed by atoms with van der Waals surface area (Å²) >= 11 is 0. The van der Waals surface area contributed by atoms with Crippen LogP contribution in [0.5, 0.6) is 0 Å². The van der Waals surface area contributed by atoms with E-state index in [1.54, 1.807) is 6.92 Å². The molecule has 9 nitrogen and oxygen atoms in total. The van der Waals surface area contributed by atoms with Crippen LogP contribution in [0.2, 0.25) is 0 Å². The second-order valence-corrected chi connectivity index (χ2v) is 13.3. The lowest BCUT2D eigenvalue weighted by atomic mass is 10.1. The van der Waals surface area contributed by atoms with Crippen molar-refractivity contribution in [2.24, 2.45) is 0 Å². The van der Waals surface area contributed by atoms with Crippen LogP contribution in [-0.4, -0.2) is 67.3 Å². The number of rotatable bonds is 10. The van der Waals surface area contributed by atoms with Crippen molar-refractivity contribution in [3.8, 4) is 0 Å². The number of para-hydroxylation sites is 1. The molecule has 0 saturated carbocycles. The number of anilines is 1. The fraction of sp³-hybridized carbons (Fsp3) is 0.222. The molecule has 2 heterocycles. The number of aryl methyl sites for hydroxylation is 1. The molecule has 0 atom stereocenters. The van der Waals surface area contributed by atoms with Crippen molar-refractivity contribution in [1.29, 1.82) is 0 Å². The van der Waals surface area contributed by atoms with Gasteiger partial charge in [-0.25, -0.2) is 13.2 Å². The highest BCUT2D eigenvalue weighted by Crippen LogP contribution is 2.31. The molecule has 0 bridgehead atoms. The zero-order valence-corrected chi connectivity index (χ0v) is 26.3. The van der Waals surface area contributed by atoms with Gasteiger partial charge in [0.1, 0.15) is 5.58 Å². The maximum absolute atomic E-state index is 14.3. The molecule has 0 radical (unpaired) electrons. The third kappa shape index (κ3) is 6.40. The first-order valence-electron chi connectivity index (χ1n) is 15.2. The molecule has 1 saturated heterocycles. The van der Waals surface area contributed by atoms with E-state index in [1.807, 2.05) is 89.8 Å². The van der Waals surface area contributed by atoms with E-state index in [9.17, 15) is 23.1 Å². The van der Waals surface area contributed by atoms with Crippen molar-refractivity contribution < 1.29 is 27.5 Å². The zero-order valence-electron chi connectivity index (χ0n) is 25.5. The Kier molecular flexibility index (Phi) is 8.92. The second kappa shape index (κ2) is 13.2. The summed E-state index contributed by atoms with van der Waals surface area (Å²) in [6, 6.07) is 31.3. The Balaban J connectivity index is 1.28. The van der Waals surface area contributed by atoms with Crippen LogP contribution in [0.15, 0.2) is 112 Å². The number of benzene rings is 4. The number of hydrogen-bond donors (Lipinski definition) is 1. The normalized spacial score (nSPS) is 13.8. The molecule has 6 rings (SSSR count). The van der Waals surface area contributed by atoms with Crippen molar-refractivity contribution in [2.45, 2.75) is 24.8 Å². The number of fused-ring (bicyclic) bond motifs is 1. The SMILES string of the molecule is Cc1c(C(=O)O)oc2ccc(S(=O)(=O)N(CCc3ccccc3)Cc3ccccc3N3CCN(C(=O)c4ccccc4)CC3)cc12. The Bertz CT molecular complexity index is 1970. The first kappa shape index (κ1) is 31.1. The van der Waals surface area contributed by atoms with Crippen LogP contribution in [0, 0.1) is 6.92 Å². The van der Waals surface area contributed by atoms with Gasteiger partial charge in [0.2, 0.25) is 15.8 Å². The molecule has 1 amide bonds. The van der Waals surface area contributed by atoms with Gasteiger partial charge in [-0.15, -0.1) is 0 Å². The van der Waals surface area contributed by atoms with Gasteiger partial charge in [0.05, 0.1) is 4.90 Å². The van der Waals surface area contributed by atoms with Crippen LogP contribution in [0.3, 0.4) is 0 Å². The number of amides is 1. The Labute approximate surface area is 268 Å². The molecule has 10 heteroatoms. The van der Waals surface area contributed by atoms with Crippen molar-refractivity contribution in [2.75, 3.05) is 37.6 Å². The predicted molar refractivity (Wildman–Crippen MR) is 177 cm³/mol. The van der Waals surface area contributed by atoms with Crippen LogP contribution >= 0.6 is 0 Å². The summed E-state index contributed by atoms with van der Waals surface area (Å²) in [5.74, 6) is -1.40. The molecule has 0 unspecified atom stereocenters. The average Bonchev–Trinajstić information content (AvgIpc) is 3.43. The van der Waals surface area contributed by atoms with Gasteiger partial charge in [0.25, 0.3) is 5.91 Å². The summed E-state index contributed by atoms with van der Waals surface area (Å²) in [4.78, 5) is 28.8. The standard InChI is InChI=1S/C36H35N3O6S/c1-26-31-24-30(16-17-33(31)45-34(26)36(41)42)46(43,44)39(19-18-27-10-4-2-5-11-27)25-29-14-8-9-15-32(29)37-20-22-38(23-21-37)35(40)28-12-6-3-7-13-28/h2-17,24H,18-23,25H2,1H3,(H,41,42). The Hall–Kier alpha value is -4.93. The van der Waals surface area contributed by atoms with Crippen LogP contribution in [0.25, 0.3) is 11.0 Å². The zero-order chi connectivity index (χ0) is 32.3. The lowest BCUT2D eigenvalue weighted by molar-refractivity contribution is 0.0663. The maximum Gasteiger partial charge on any atom is 0.372 e. The minimum absolute atomic E-state index is 0.00650. The van der Waals surface area contributed by atoms with Gasteiger partial charge in [0.15, 0.2) is 0 Å². The highest BCUT2D eigenvalue weighted by molar-refractivity contribution is 7.89. The van der Waals surface area contributed by atoms with Crippen molar-refractivity contribution in [3.05, 3.63) is 131 Å². The number of aromatic carboxylic acids is 1. The smallest absolute Gasteiger partial charge is 0.372 e. The van der Waals surface area contributed by atoms with Crippen molar-refractivity contribution in [3.63, 3.8) is 0 Å². The van der Waals surface area contributed by atoms with E-state index < -0.39 is 16.0 Å². The third-order valence-electron chi connectivity index (χ3n) is 8.50. The van der Waals surface area contributed by atoms with Crippen LogP contribution in [0.1, 0.15) is 37.6 Å². The minimum Gasteiger partial charge on any atom is -0.475 e. The third-order valence-corrected chi connectivity index (χ3v) is 10.3. The highest BCUT2D eigenvalue weighted by Gasteiger charge is 2.29. The van der Waals surface area contributed by atoms with Gasteiger partial charge < -0.3 is 19.3 Å². The molecule has 5 aromatic rings. The van der Waals surface area contributed by atoms with Crippen LogP contribution < -0.4 is 4.90 Å². The van der Waals surface area contributed by atoms with E-state index in [-0.39, 0.29) is 29.7 Å². The molecule has 1 N–H and O–H groups in total. The summed E-state index contributed by atoms with van der Waals surface area (Å²) in [6.45, 7) is 4.34. The predicted octanol–water partition coefficient (Wildman–Crippen LogP) is 5.84. The minimum atomic E-state index is -4.01. The molecule has 4 aromatic carbocycles. The summed E-state index contributed by atoms with van der Waals surface area (Å²) in [5, 5.41) is 9.96. The number of sulfonamides is 1. The molecule has 1 aromatic heterocycles. The molecular weight excluding hydrogens is 602 g/mol. The number of carbonyl (C=O) groups is 2. The topological polar surface area (TPSA) is 111 Å². The number of carboxylic acid groups (broad SMARTS) is 1. The van der Waals surface area contributed by atoms with Crippen LogP contribution in [0.4, 0.5) is 5.69 Å². The lowest BCUT2D eigenvalue weighted by Crippen LogP contribution is -2.49. The van der Waals surface area contributed by atoms with E-state index in [2.05, 4.69) is 4.90 Å². The van der Waals surface area contributed by atoms with Gasteiger partial charge in [0, 0.05) is 61.5 Å². The molecular formula is C36H35N3O6S. The maximum atomic E-state index is 14.3. The van der Waals surface area contributed by atoms with E-state index in [0.717, 1.165) is 16.8 Å². The van der Waals surface area contributed by atoms with E-state index in [0.29, 0.717) is 54.7 Å². The first-order chi connectivity index (χ1) is 22.2. The molecule has 1 aliphatic rings. The Morgan fingerprint density at radius 3 is 2.20 bits per heavy atom. The second-order valence-electron chi connectivity index (χ2n) is 11.4. The summed E-state index contributed by atoms with van der Waals surface area (Å²) < 4.78 is 35.6. The first-order valence-corrected chi connectivity index (χ1v) is 16.6. The van der Waals surface area contributed by atoms with E-state index >= 15 is 0 Å². The van der Waals surface area contributed by atoms with Gasteiger partial charge in [-0.05, 0) is 60.9 Å². The molecule has 46 heavy (non-hydrogen) atoms. The summed E-state index contributed by atoms with van der Waals surface area (Å²) in [7, 11) is -4.01. The lowest BCUT2D eigenvalue weighted by Gasteiger charge is -2.37. The van der Waals surface area contributed by atoms with Crippen molar-refractivity contribution >= 4 is 38.6 Å². The number of piperazine rings is 1. The largest absolute Gasteiger partial charge is 0.475 e. The fourth-order valence-corrected chi connectivity index (χ4v) is 7.40.